The monoisotopic (exact) mass is 393 g/mol. The first-order valence-electron chi connectivity index (χ1n) is 9.56. The van der Waals surface area contributed by atoms with Crippen LogP contribution in [0.15, 0.2) is 59.8 Å². The van der Waals surface area contributed by atoms with Gasteiger partial charge in [0.2, 0.25) is 0 Å². The van der Waals surface area contributed by atoms with Gasteiger partial charge in [-0.1, -0.05) is 35.9 Å². The molecule has 28 heavy (non-hydrogen) atoms. The van der Waals surface area contributed by atoms with E-state index in [9.17, 15) is 8.42 Å². The molecule has 1 aromatic heterocycles. The zero-order valence-corrected chi connectivity index (χ0v) is 16.9. The summed E-state index contributed by atoms with van der Waals surface area (Å²) in [6.07, 6.45) is 3.78. The first-order chi connectivity index (χ1) is 13.4. The van der Waals surface area contributed by atoms with E-state index in [-0.39, 0.29) is 11.2 Å². The van der Waals surface area contributed by atoms with Crippen LogP contribution in [0.25, 0.3) is 11.1 Å². The van der Waals surface area contributed by atoms with E-state index in [1.165, 1.54) is 11.1 Å². The summed E-state index contributed by atoms with van der Waals surface area (Å²) >= 11 is 0. The van der Waals surface area contributed by atoms with Crippen molar-refractivity contribution in [3.05, 3.63) is 71.5 Å². The molecular formula is C22H23N3O2S. The Morgan fingerprint density at radius 2 is 1.96 bits per heavy atom. The maximum absolute atomic E-state index is 13.1. The normalized spacial score (nSPS) is 22.9. The van der Waals surface area contributed by atoms with Crippen LogP contribution in [0.5, 0.6) is 0 Å². The topological polar surface area (TPSA) is 55.2 Å². The third-order valence-corrected chi connectivity index (χ3v) is 8.24. The lowest BCUT2D eigenvalue weighted by atomic mass is 9.95. The quantitative estimate of drug-likeness (QED) is 0.686. The van der Waals surface area contributed by atoms with Crippen molar-refractivity contribution in [2.45, 2.75) is 29.5 Å². The number of hydrogen-bond donors (Lipinski definition) is 0. The Morgan fingerprint density at radius 3 is 2.71 bits per heavy atom. The summed E-state index contributed by atoms with van der Waals surface area (Å²) in [5.41, 5.74) is 5.48. The molecule has 5 nitrogen and oxygen atoms in total. The number of aromatic nitrogens is 2. The minimum atomic E-state index is -3.27. The van der Waals surface area contributed by atoms with Crippen LogP contribution in [-0.4, -0.2) is 41.4 Å². The maximum Gasteiger partial charge on any atom is 0.183 e. The molecule has 3 heterocycles. The van der Waals surface area contributed by atoms with Crippen LogP contribution in [0, 0.1) is 6.92 Å². The predicted molar refractivity (Wildman–Crippen MR) is 109 cm³/mol. The molecular weight excluding hydrogens is 370 g/mol. The Balaban J connectivity index is 1.47. The molecule has 0 N–H and O–H groups in total. The Bertz CT molecular complexity index is 1170. The Hall–Kier alpha value is -2.44. The first-order valence-corrected chi connectivity index (χ1v) is 11.1. The average molecular weight is 394 g/mol. The van der Waals surface area contributed by atoms with Gasteiger partial charge in [-0.2, -0.15) is 5.10 Å². The Labute approximate surface area is 165 Å². The fourth-order valence-corrected chi connectivity index (χ4v) is 6.87. The summed E-state index contributed by atoms with van der Waals surface area (Å²) in [6, 6.07) is 14.2. The van der Waals surface area contributed by atoms with Crippen LogP contribution in [-0.2, 0) is 23.4 Å². The smallest absolute Gasteiger partial charge is 0.183 e. The van der Waals surface area contributed by atoms with Gasteiger partial charge in [-0.15, -0.1) is 0 Å². The van der Waals surface area contributed by atoms with Crippen LogP contribution < -0.4 is 0 Å². The molecule has 3 aromatic rings. The Morgan fingerprint density at radius 1 is 1.11 bits per heavy atom. The highest BCUT2D eigenvalue weighted by atomic mass is 32.2. The fourth-order valence-electron chi connectivity index (χ4n) is 4.67. The molecule has 1 saturated heterocycles. The van der Waals surface area contributed by atoms with E-state index < -0.39 is 9.84 Å². The fraction of sp³-hybridized carbons (Fsp3) is 0.318. The lowest BCUT2D eigenvalue weighted by Crippen LogP contribution is -2.25. The minimum Gasteiger partial charge on any atom is -0.297 e. The number of benzene rings is 2. The molecule has 2 aromatic carbocycles. The van der Waals surface area contributed by atoms with E-state index in [1.807, 2.05) is 25.5 Å². The second kappa shape index (κ2) is 6.29. The van der Waals surface area contributed by atoms with E-state index >= 15 is 0 Å². The molecule has 0 amide bonds. The number of aryl methyl sites for hydroxylation is 2. The van der Waals surface area contributed by atoms with Gasteiger partial charge < -0.3 is 0 Å². The van der Waals surface area contributed by atoms with Gasteiger partial charge in [0.1, 0.15) is 0 Å². The lowest BCUT2D eigenvalue weighted by molar-refractivity contribution is 0.325. The molecule has 0 radical (unpaired) electrons. The predicted octanol–water partition coefficient (Wildman–Crippen LogP) is 3.15. The zero-order valence-electron chi connectivity index (χ0n) is 16.0. The molecule has 2 aliphatic heterocycles. The highest BCUT2D eigenvalue weighted by molar-refractivity contribution is 7.92. The number of nitrogens with zero attached hydrogens (tertiary/aromatic N) is 3. The Kier molecular flexibility index (Phi) is 3.96. The second-order valence-electron chi connectivity index (χ2n) is 8.03. The standard InChI is InChI=1S/C22H23N3O2S/c1-15-4-3-5-16(8-15)11-25-13-20-19-9-17(18-10-23-24(2)12-18)6-7-21(19)28(26,27)22(20)14-25/h3-10,12,20,22H,11,13-14H2,1-2H3/t20-,22+/m1/s1. The van der Waals surface area contributed by atoms with Gasteiger partial charge in [0.05, 0.1) is 16.3 Å². The third kappa shape index (κ3) is 2.79. The van der Waals surface area contributed by atoms with Crippen molar-refractivity contribution in [3.8, 4) is 11.1 Å². The third-order valence-electron chi connectivity index (χ3n) is 5.98. The van der Waals surface area contributed by atoms with Crippen molar-refractivity contribution in [1.82, 2.24) is 14.7 Å². The van der Waals surface area contributed by atoms with Gasteiger partial charge in [0.25, 0.3) is 0 Å². The molecule has 2 atom stereocenters. The molecule has 0 bridgehead atoms. The lowest BCUT2D eigenvalue weighted by Gasteiger charge is -2.18. The zero-order chi connectivity index (χ0) is 19.5. The van der Waals surface area contributed by atoms with E-state index in [1.54, 1.807) is 10.7 Å². The molecule has 1 fully saturated rings. The van der Waals surface area contributed by atoms with Crippen molar-refractivity contribution in [2.75, 3.05) is 13.1 Å². The van der Waals surface area contributed by atoms with Crippen molar-refractivity contribution in [3.63, 3.8) is 0 Å². The highest BCUT2D eigenvalue weighted by Gasteiger charge is 2.50. The molecule has 0 unspecified atom stereocenters. The van der Waals surface area contributed by atoms with E-state index in [0.717, 1.165) is 29.8 Å². The summed E-state index contributed by atoms with van der Waals surface area (Å²) in [4.78, 5) is 2.80. The van der Waals surface area contributed by atoms with Crippen LogP contribution in [0.1, 0.15) is 22.6 Å². The molecule has 0 aliphatic carbocycles. The van der Waals surface area contributed by atoms with Crippen LogP contribution >= 0.6 is 0 Å². The number of sulfone groups is 1. The summed E-state index contributed by atoms with van der Waals surface area (Å²) in [5, 5.41) is 3.90. The number of likely N-dealkylation sites (tertiary alicyclic amines) is 1. The van der Waals surface area contributed by atoms with Gasteiger partial charge in [-0.05, 0) is 35.7 Å². The minimum absolute atomic E-state index is 0.0430. The van der Waals surface area contributed by atoms with Crippen molar-refractivity contribution in [2.24, 2.45) is 7.05 Å². The number of hydrogen-bond acceptors (Lipinski definition) is 4. The summed E-state index contributed by atoms with van der Waals surface area (Å²) in [7, 11) is -1.39. The number of rotatable bonds is 3. The largest absolute Gasteiger partial charge is 0.297 e. The molecule has 0 saturated carbocycles. The van der Waals surface area contributed by atoms with Crippen molar-refractivity contribution >= 4 is 9.84 Å². The first kappa shape index (κ1) is 17.6. The molecule has 5 rings (SSSR count). The van der Waals surface area contributed by atoms with E-state index in [2.05, 4.69) is 47.3 Å². The van der Waals surface area contributed by atoms with Gasteiger partial charge in [-0.3, -0.25) is 9.58 Å². The average Bonchev–Trinajstić information content (AvgIpc) is 3.32. The van der Waals surface area contributed by atoms with Crippen LogP contribution in [0.2, 0.25) is 0 Å². The van der Waals surface area contributed by atoms with Crippen molar-refractivity contribution in [1.29, 1.82) is 0 Å². The van der Waals surface area contributed by atoms with Crippen molar-refractivity contribution < 1.29 is 8.42 Å². The molecule has 0 spiro atoms. The van der Waals surface area contributed by atoms with Gasteiger partial charge >= 0.3 is 0 Å². The second-order valence-corrected chi connectivity index (χ2v) is 10.2. The van der Waals surface area contributed by atoms with Gasteiger partial charge in [0.15, 0.2) is 9.84 Å². The van der Waals surface area contributed by atoms with E-state index in [0.29, 0.717) is 11.4 Å². The molecule has 6 heteroatoms. The molecule has 144 valence electrons. The summed E-state index contributed by atoms with van der Waals surface area (Å²) in [6.45, 7) is 4.25. The summed E-state index contributed by atoms with van der Waals surface area (Å²) in [5.74, 6) is 0.0430. The summed E-state index contributed by atoms with van der Waals surface area (Å²) < 4.78 is 28.0. The SMILES string of the molecule is Cc1cccc(CN2C[C@@H]3c4cc(-c5cnn(C)c5)ccc4S(=O)(=O)[C@H]3C2)c1. The van der Waals surface area contributed by atoms with E-state index in [4.69, 9.17) is 0 Å². The van der Waals surface area contributed by atoms with Crippen LogP contribution in [0.4, 0.5) is 0 Å². The number of fused-ring (bicyclic) bond motifs is 3. The van der Waals surface area contributed by atoms with Crippen LogP contribution in [0.3, 0.4) is 0 Å². The maximum atomic E-state index is 13.1. The van der Waals surface area contributed by atoms with Gasteiger partial charge in [-0.25, -0.2) is 8.42 Å². The highest BCUT2D eigenvalue weighted by Crippen LogP contribution is 2.46. The van der Waals surface area contributed by atoms with Gasteiger partial charge in [0, 0.05) is 44.4 Å². The molecule has 2 aliphatic rings.